The van der Waals surface area contributed by atoms with E-state index in [0.29, 0.717) is 13.1 Å². The van der Waals surface area contributed by atoms with Crippen LogP contribution in [-0.2, 0) is 0 Å². The molecule has 0 aliphatic carbocycles. The van der Waals surface area contributed by atoms with E-state index in [-0.39, 0.29) is 17.2 Å². The third kappa shape index (κ3) is 3.34. The maximum atomic E-state index is 12.0. The Morgan fingerprint density at radius 1 is 1.29 bits per heavy atom. The first-order valence-electron chi connectivity index (χ1n) is 5.71. The molecule has 0 fully saturated rings. The first kappa shape index (κ1) is 13.3. The molecule has 0 bridgehead atoms. The molecule has 0 aliphatic rings. The molecule has 5 nitrogen and oxygen atoms in total. The second-order valence-electron chi connectivity index (χ2n) is 3.80. The van der Waals surface area contributed by atoms with Gasteiger partial charge in [0.15, 0.2) is 5.76 Å². The van der Waals surface area contributed by atoms with Crippen LogP contribution in [0.5, 0.6) is 0 Å². The van der Waals surface area contributed by atoms with Gasteiger partial charge in [0.05, 0.1) is 5.56 Å². The van der Waals surface area contributed by atoms with Crippen molar-refractivity contribution in [2.24, 2.45) is 0 Å². The molecule has 5 heteroatoms. The van der Waals surface area contributed by atoms with E-state index in [0.717, 1.165) is 19.1 Å². The summed E-state index contributed by atoms with van der Waals surface area (Å²) in [4.78, 5) is 24.3. The molecule has 1 aromatic heterocycles. The van der Waals surface area contributed by atoms with Crippen LogP contribution >= 0.6 is 0 Å². The smallest absolute Gasteiger partial charge is 0.338 e. The standard InChI is InChI=1S/C12H17NO4/c1-3-5-13(6-4-2)11(14)10-7-9(8-17-10)12(15)16/h7-8H,3-6H2,1-2H3,(H,15,16). The molecule has 1 rings (SSSR count). The van der Waals surface area contributed by atoms with E-state index in [1.807, 2.05) is 13.8 Å². The van der Waals surface area contributed by atoms with Gasteiger partial charge in [-0.2, -0.15) is 0 Å². The van der Waals surface area contributed by atoms with Crippen molar-refractivity contribution in [3.8, 4) is 0 Å². The molecular weight excluding hydrogens is 222 g/mol. The Morgan fingerprint density at radius 3 is 2.29 bits per heavy atom. The maximum absolute atomic E-state index is 12.0. The summed E-state index contributed by atoms with van der Waals surface area (Å²) in [7, 11) is 0. The van der Waals surface area contributed by atoms with E-state index in [9.17, 15) is 9.59 Å². The van der Waals surface area contributed by atoms with E-state index in [2.05, 4.69) is 0 Å². The van der Waals surface area contributed by atoms with Crippen LogP contribution < -0.4 is 0 Å². The van der Waals surface area contributed by atoms with E-state index >= 15 is 0 Å². The Kier molecular flexibility index (Phi) is 4.75. The van der Waals surface area contributed by atoms with Gasteiger partial charge in [0.1, 0.15) is 6.26 Å². The molecule has 0 unspecified atom stereocenters. The molecule has 0 saturated carbocycles. The van der Waals surface area contributed by atoms with Gasteiger partial charge in [0.2, 0.25) is 0 Å². The summed E-state index contributed by atoms with van der Waals surface area (Å²) in [6.45, 7) is 5.27. The topological polar surface area (TPSA) is 70.8 Å². The van der Waals surface area contributed by atoms with Gasteiger partial charge in [-0.05, 0) is 12.8 Å². The number of aromatic carboxylic acids is 1. The summed E-state index contributed by atoms with van der Waals surface area (Å²) in [5, 5.41) is 8.74. The Balaban J connectivity index is 2.81. The highest BCUT2D eigenvalue weighted by Gasteiger charge is 2.19. The zero-order valence-corrected chi connectivity index (χ0v) is 10.1. The lowest BCUT2D eigenvalue weighted by Crippen LogP contribution is -2.32. The number of rotatable bonds is 6. The monoisotopic (exact) mass is 239 g/mol. The molecule has 0 aliphatic heterocycles. The van der Waals surface area contributed by atoms with Crippen molar-refractivity contribution in [2.45, 2.75) is 26.7 Å². The second-order valence-corrected chi connectivity index (χ2v) is 3.80. The summed E-state index contributed by atoms with van der Waals surface area (Å²) in [6, 6.07) is 1.27. The molecule has 1 aromatic rings. The lowest BCUT2D eigenvalue weighted by Gasteiger charge is -2.19. The van der Waals surface area contributed by atoms with Crippen LogP contribution in [0.15, 0.2) is 16.7 Å². The summed E-state index contributed by atoms with van der Waals surface area (Å²) >= 11 is 0. The van der Waals surface area contributed by atoms with Crippen molar-refractivity contribution in [3.63, 3.8) is 0 Å². The van der Waals surface area contributed by atoms with Crippen LogP contribution in [0.3, 0.4) is 0 Å². The number of nitrogens with zero attached hydrogens (tertiary/aromatic N) is 1. The first-order chi connectivity index (χ1) is 8.10. The molecule has 1 N–H and O–H groups in total. The number of hydrogen-bond donors (Lipinski definition) is 1. The van der Waals surface area contributed by atoms with Crippen LogP contribution in [0.1, 0.15) is 47.6 Å². The number of carboxylic acids is 1. The van der Waals surface area contributed by atoms with Crippen molar-refractivity contribution < 1.29 is 19.1 Å². The van der Waals surface area contributed by atoms with Crippen LogP contribution in [0, 0.1) is 0 Å². The highest BCUT2D eigenvalue weighted by Crippen LogP contribution is 2.11. The zero-order valence-electron chi connectivity index (χ0n) is 10.1. The summed E-state index contributed by atoms with van der Waals surface area (Å²) < 4.78 is 4.99. The highest BCUT2D eigenvalue weighted by molar-refractivity contribution is 5.95. The Bertz CT molecular complexity index is 391. The van der Waals surface area contributed by atoms with Crippen molar-refractivity contribution in [2.75, 3.05) is 13.1 Å². The Hall–Kier alpha value is -1.78. The van der Waals surface area contributed by atoms with Crippen molar-refractivity contribution in [1.82, 2.24) is 4.90 Å². The van der Waals surface area contributed by atoms with Crippen molar-refractivity contribution >= 4 is 11.9 Å². The molecule has 0 spiro atoms. The van der Waals surface area contributed by atoms with Gasteiger partial charge in [0.25, 0.3) is 5.91 Å². The molecule has 0 radical (unpaired) electrons. The number of hydrogen-bond acceptors (Lipinski definition) is 3. The van der Waals surface area contributed by atoms with Gasteiger partial charge < -0.3 is 14.4 Å². The van der Waals surface area contributed by atoms with Crippen LogP contribution in [0.4, 0.5) is 0 Å². The lowest BCUT2D eigenvalue weighted by atomic mass is 10.2. The van der Waals surface area contributed by atoms with E-state index in [4.69, 9.17) is 9.52 Å². The van der Waals surface area contributed by atoms with Gasteiger partial charge in [-0.1, -0.05) is 13.8 Å². The Morgan fingerprint density at radius 2 is 1.88 bits per heavy atom. The molecule has 94 valence electrons. The molecule has 0 aromatic carbocycles. The molecule has 0 atom stereocenters. The minimum Gasteiger partial charge on any atom is -0.478 e. The minimum atomic E-state index is -1.09. The fraction of sp³-hybridized carbons (Fsp3) is 0.500. The molecule has 0 saturated heterocycles. The third-order valence-electron chi connectivity index (χ3n) is 2.33. The van der Waals surface area contributed by atoms with Gasteiger partial charge in [-0.3, -0.25) is 4.79 Å². The largest absolute Gasteiger partial charge is 0.478 e. The third-order valence-corrected chi connectivity index (χ3v) is 2.33. The normalized spacial score (nSPS) is 10.2. The number of furan rings is 1. The van der Waals surface area contributed by atoms with Crippen LogP contribution in [0.2, 0.25) is 0 Å². The fourth-order valence-electron chi connectivity index (χ4n) is 1.57. The SMILES string of the molecule is CCCN(CCC)C(=O)c1cc(C(=O)O)co1. The van der Waals surface area contributed by atoms with Crippen LogP contribution in [0.25, 0.3) is 0 Å². The highest BCUT2D eigenvalue weighted by atomic mass is 16.4. The van der Waals surface area contributed by atoms with E-state index < -0.39 is 5.97 Å². The summed E-state index contributed by atoms with van der Waals surface area (Å²) in [5.41, 5.74) is 0.00120. The fourth-order valence-corrected chi connectivity index (χ4v) is 1.57. The van der Waals surface area contributed by atoms with Crippen LogP contribution in [-0.4, -0.2) is 35.0 Å². The van der Waals surface area contributed by atoms with Crippen molar-refractivity contribution in [1.29, 1.82) is 0 Å². The number of carbonyl (C=O) groups excluding carboxylic acids is 1. The van der Waals surface area contributed by atoms with Gasteiger partial charge >= 0.3 is 5.97 Å². The Labute approximate surface area is 100 Å². The molecular formula is C12H17NO4. The number of amides is 1. The van der Waals surface area contributed by atoms with E-state index in [1.165, 1.54) is 6.07 Å². The minimum absolute atomic E-state index is 0.00120. The molecule has 1 amide bonds. The quantitative estimate of drug-likeness (QED) is 0.826. The summed E-state index contributed by atoms with van der Waals surface area (Å²) in [5.74, 6) is -1.25. The number of carboxylic acid groups (broad SMARTS) is 1. The predicted octanol–water partition coefficient (Wildman–Crippen LogP) is 2.24. The van der Waals surface area contributed by atoms with E-state index in [1.54, 1.807) is 4.90 Å². The first-order valence-corrected chi connectivity index (χ1v) is 5.71. The van der Waals surface area contributed by atoms with Crippen molar-refractivity contribution in [3.05, 3.63) is 23.7 Å². The summed E-state index contributed by atoms with van der Waals surface area (Å²) in [6.07, 6.45) is 2.81. The molecule has 17 heavy (non-hydrogen) atoms. The average Bonchev–Trinajstić information content (AvgIpc) is 2.77. The van der Waals surface area contributed by atoms with Gasteiger partial charge in [-0.25, -0.2) is 4.79 Å². The lowest BCUT2D eigenvalue weighted by molar-refractivity contribution is 0.0693. The second kappa shape index (κ2) is 6.08. The molecule has 1 heterocycles. The van der Waals surface area contributed by atoms with Gasteiger partial charge in [0, 0.05) is 19.2 Å². The van der Waals surface area contributed by atoms with Gasteiger partial charge in [-0.15, -0.1) is 0 Å². The number of carbonyl (C=O) groups is 2. The maximum Gasteiger partial charge on any atom is 0.338 e. The average molecular weight is 239 g/mol. The zero-order chi connectivity index (χ0) is 12.8. The predicted molar refractivity (Wildman–Crippen MR) is 62.2 cm³/mol.